The SMILES string of the molecule is CN(C)C(=O)c1c(O)c(NC2=NS(=O)(=O)N=C2N[C@@H](c2ccccc2)C(C)(C)C)nn1C. The number of amides is 1. The summed E-state index contributed by atoms with van der Waals surface area (Å²) in [6.07, 6.45) is 0. The van der Waals surface area contributed by atoms with E-state index in [0.717, 1.165) is 5.56 Å². The van der Waals surface area contributed by atoms with Crippen LogP contribution in [0.2, 0.25) is 0 Å². The molecule has 32 heavy (non-hydrogen) atoms. The lowest BCUT2D eigenvalue weighted by atomic mass is 9.82. The first kappa shape index (κ1) is 23.3. The zero-order valence-corrected chi connectivity index (χ0v) is 19.6. The standard InChI is InChI=1S/C20H27N7O4S/c1-20(2,3)15(12-10-8-7-9-11-12)21-17-18(25-32(30,31)24-17)22-16-14(28)13(27(6)23-16)19(29)26(4)5/h7-11,15,28H,1-6H3,(H,21,24)(H,22,23,25)/t15-/m0/s1. The van der Waals surface area contributed by atoms with Crippen molar-refractivity contribution in [1.29, 1.82) is 0 Å². The number of hydrogen-bond donors (Lipinski definition) is 3. The second-order valence-corrected chi connectivity index (χ2v) is 9.94. The van der Waals surface area contributed by atoms with E-state index in [4.69, 9.17) is 0 Å². The lowest BCUT2D eigenvalue weighted by Gasteiger charge is -2.32. The lowest BCUT2D eigenvalue weighted by molar-refractivity contribution is 0.0814. The Labute approximate surface area is 187 Å². The zero-order valence-electron chi connectivity index (χ0n) is 18.8. The molecular weight excluding hydrogens is 434 g/mol. The van der Waals surface area contributed by atoms with E-state index in [1.807, 2.05) is 51.1 Å². The zero-order chi connectivity index (χ0) is 23.8. The van der Waals surface area contributed by atoms with Gasteiger partial charge < -0.3 is 20.6 Å². The van der Waals surface area contributed by atoms with Gasteiger partial charge in [0.1, 0.15) is 0 Å². The van der Waals surface area contributed by atoms with Gasteiger partial charge >= 0.3 is 10.2 Å². The Morgan fingerprint density at radius 3 is 2.28 bits per heavy atom. The summed E-state index contributed by atoms with van der Waals surface area (Å²) in [6, 6.07) is 9.25. The number of rotatable bonds is 4. The largest absolute Gasteiger partial charge is 0.503 e. The summed E-state index contributed by atoms with van der Waals surface area (Å²) >= 11 is 0. The highest BCUT2D eigenvalue weighted by molar-refractivity contribution is 7.89. The number of carbonyl (C=O) groups is 1. The number of aryl methyl sites for hydroxylation is 1. The fourth-order valence-electron chi connectivity index (χ4n) is 3.26. The van der Waals surface area contributed by atoms with Crippen LogP contribution in [0.1, 0.15) is 42.9 Å². The van der Waals surface area contributed by atoms with E-state index in [2.05, 4.69) is 24.5 Å². The molecule has 1 amide bonds. The van der Waals surface area contributed by atoms with Gasteiger partial charge in [0.2, 0.25) is 0 Å². The molecule has 172 valence electrons. The Bertz CT molecular complexity index is 1190. The van der Waals surface area contributed by atoms with Crippen molar-refractivity contribution in [2.75, 3.05) is 19.4 Å². The van der Waals surface area contributed by atoms with Crippen molar-refractivity contribution in [3.05, 3.63) is 41.6 Å². The highest BCUT2D eigenvalue weighted by Gasteiger charge is 2.33. The third kappa shape index (κ3) is 4.74. The number of amidine groups is 2. The smallest absolute Gasteiger partial charge is 0.367 e. The summed E-state index contributed by atoms with van der Waals surface area (Å²) in [5.74, 6) is -1.15. The molecule has 1 aliphatic heterocycles. The topological polar surface area (TPSA) is 141 Å². The predicted molar refractivity (Wildman–Crippen MR) is 122 cm³/mol. The molecule has 1 atom stereocenters. The van der Waals surface area contributed by atoms with Crippen LogP contribution in [0, 0.1) is 5.41 Å². The van der Waals surface area contributed by atoms with Crippen molar-refractivity contribution in [3.63, 3.8) is 0 Å². The van der Waals surface area contributed by atoms with Crippen LogP contribution in [-0.2, 0) is 17.3 Å². The molecular formula is C20H27N7O4S. The van der Waals surface area contributed by atoms with Gasteiger partial charge in [-0.05, 0) is 11.0 Å². The molecule has 0 spiro atoms. The van der Waals surface area contributed by atoms with Crippen molar-refractivity contribution in [3.8, 4) is 5.75 Å². The number of aromatic hydroxyl groups is 1. The molecule has 1 aliphatic rings. The van der Waals surface area contributed by atoms with Crippen LogP contribution in [-0.4, -0.2) is 59.9 Å². The van der Waals surface area contributed by atoms with Crippen LogP contribution in [0.5, 0.6) is 5.75 Å². The van der Waals surface area contributed by atoms with E-state index in [1.54, 1.807) is 14.1 Å². The van der Waals surface area contributed by atoms with Gasteiger partial charge in [-0.25, -0.2) is 0 Å². The van der Waals surface area contributed by atoms with Crippen molar-refractivity contribution in [2.45, 2.75) is 26.8 Å². The first-order valence-corrected chi connectivity index (χ1v) is 11.2. The predicted octanol–water partition coefficient (Wildman–Crippen LogP) is 1.67. The Morgan fingerprint density at radius 1 is 1.12 bits per heavy atom. The van der Waals surface area contributed by atoms with Gasteiger partial charge in [-0.15, -0.1) is 8.80 Å². The molecule has 0 bridgehead atoms. The van der Waals surface area contributed by atoms with Crippen LogP contribution in [0.25, 0.3) is 0 Å². The van der Waals surface area contributed by atoms with Crippen LogP contribution in [0.3, 0.4) is 0 Å². The molecule has 0 saturated heterocycles. The number of nitrogens with one attached hydrogen (secondary N) is 2. The van der Waals surface area contributed by atoms with Gasteiger partial charge in [0.25, 0.3) is 5.91 Å². The van der Waals surface area contributed by atoms with Crippen LogP contribution < -0.4 is 10.6 Å². The molecule has 0 fully saturated rings. The maximum absolute atomic E-state index is 12.3. The van der Waals surface area contributed by atoms with Gasteiger partial charge in [0.05, 0.1) is 6.04 Å². The Hall–Kier alpha value is -3.41. The van der Waals surface area contributed by atoms with Crippen molar-refractivity contribution in [2.24, 2.45) is 21.3 Å². The minimum Gasteiger partial charge on any atom is -0.503 e. The van der Waals surface area contributed by atoms with Crippen LogP contribution >= 0.6 is 0 Å². The molecule has 1 aromatic carbocycles. The Kier molecular flexibility index (Phi) is 6.00. The molecule has 0 saturated carbocycles. The number of carbonyl (C=O) groups excluding carboxylic acids is 1. The highest BCUT2D eigenvalue weighted by atomic mass is 32.2. The summed E-state index contributed by atoms with van der Waals surface area (Å²) in [7, 11) is 0.453. The molecule has 12 heteroatoms. The number of aromatic nitrogens is 2. The average Bonchev–Trinajstić information content (AvgIpc) is 3.13. The fraction of sp³-hybridized carbons (Fsp3) is 0.400. The maximum atomic E-state index is 12.3. The third-order valence-electron chi connectivity index (χ3n) is 4.79. The summed E-state index contributed by atoms with van der Waals surface area (Å²) in [4.78, 5) is 13.6. The third-order valence-corrected chi connectivity index (χ3v) is 5.61. The van der Waals surface area contributed by atoms with Gasteiger partial charge in [0.15, 0.2) is 28.9 Å². The van der Waals surface area contributed by atoms with Crippen LogP contribution in [0.15, 0.2) is 39.1 Å². The van der Waals surface area contributed by atoms with Crippen molar-refractivity contribution >= 4 is 33.6 Å². The summed E-state index contributed by atoms with van der Waals surface area (Å²) < 4.78 is 32.9. The lowest BCUT2D eigenvalue weighted by Crippen LogP contribution is -2.41. The van der Waals surface area contributed by atoms with Crippen LogP contribution in [0.4, 0.5) is 5.82 Å². The highest BCUT2D eigenvalue weighted by Crippen LogP contribution is 2.33. The quantitative estimate of drug-likeness (QED) is 0.629. The second kappa shape index (κ2) is 8.26. The second-order valence-electron chi connectivity index (χ2n) is 8.68. The van der Waals surface area contributed by atoms with E-state index in [9.17, 15) is 18.3 Å². The molecule has 2 heterocycles. The summed E-state index contributed by atoms with van der Waals surface area (Å²) in [5.41, 5.74) is 0.577. The first-order valence-electron chi connectivity index (χ1n) is 9.81. The number of benzene rings is 1. The summed E-state index contributed by atoms with van der Waals surface area (Å²) in [6.45, 7) is 6.03. The maximum Gasteiger partial charge on any atom is 0.367 e. The molecule has 0 aliphatic carbocycles. The number of hydrogen-bond acceptors (Lipinski definition) is 7. The van der Waals surface area contributed by atoms with E-state index in [1.165, 1.54) is 16.6 Å². The normalized spacial score (nSPS) is 16.2. The van der Waals surface area contributed by atoms with Crippen molar-refractivity contribution < 1.29 is 18.3 Å². The summed E-state index contributed by atoms with van der Waals surface area (Å²) in [5, 5.41) is 20.5. The minimum absolute atomic E-state index is 0.0145. The fourth-order valence-corrected chi connectivity index (χ4v) is 4.03. The molecule has 11 nitrogen and oxygen atoms in total. The molecule has 2 aromatic rings. The Morgan fingerprint density at radius 2 is 1.72 bits per heavy atom. The molecule has 3 rings (SSSR count). The molecule has 0 radical (unpaired) electrons. The Balaban J connectivity index is 1.95. The van der Waals surface area contributed by atoms with E-state index in [0.29, 0.717) is 0 Å². The molecule has 3 N–H and O–H groups in total. The average molecular weight is 462 g/mol. The van der Waals surface area contributed by atoms with E-state index in [-0.39, 0.29) is 34.6 Å². The molecule has 1 aromatic heterocycles. The first-order chi connectivity index (χ1) is 14.8. The van der Waals surface area contributed by atoms with Gasteiger partial charge in [0, 0.05) is 21.1 Å². The number of nitrogens with zero attached hydrogens (tertiary/aromatic N) is 5. The van der Waals surface area contributed by atoms with Gasteiger partial charge in [-0.1, -0.05) is 51.1 Å². The number of anilines is 1. The van der Waals surface area contributed by atoms with Crippen molar-refractivity contribution in [1.82, 2.24) is 20.0 Å². The monoisotopic (exact) mass is 461 g/mol. The molecule has 0 unspecified atom stereocenters. The van der Waals surface area contributed by atoms with Gasteiger partial charge in [-0.2, -0.15) is 13.5 Å². The van der Waals surface area contributed by atoms with E-state index >= 15 is 0 Å². The minimum atomic E-state index is -4.12. The van der Waals surface area contributed by atoms with E-state index < -0.39 is 21.9 Å². The van der Waals surface area contributed by atoms with Gasteiger partial charge in [-0.3, -0.25) is 9.48 Å².